The first kappa shape index (κ1) is 15.7. The Hall–Kier alpha value is -2.17. The quantitative estimate of drug-likeness (QED) is 0.800. The molecule has 2 aromatic rings. The van der Waals surface area contributed by atoms with Crippen molar-refractivity contribution in [1.29, 1.82) is 0 Å². The van der Waals surface area contributed by atoms with E-state index in [1.807, 2.05) is 0 Å². The summed E-state index contributed by atoms with van der Waals surface area (Å²) >= 11 is 0. The van der Waals surface area contributed by atoms with Crippen LogP contribution in [0.4, 0.5) is 0 Å². The largest absolute Gasteiger partial charge is 0.469 e. The minimum Gasteiger partial charge on any atom is -0.469 e. The molecular formula is C18H23N3O2. The van der Waals surface area contributed by atoms with E-state index >= 15 is 0 Å². The molecule has 5 heteroatoms. The SMILES string of the molecule is COC(=O)C1CCc2nnc(-c3ccc(C(C)(C)C)cc3)n2C1. The highest BCUT2D eigenvalue weighted by Crippen LogP contribution is 2.28. The normalized spacial score (nSPS) is 17.7. The molecule has 0 radical (unpaired) electrons. The van der Waals surface area contributed by atoms with Gasteiger partial charge in [0.2, 0.25) is 0 Å². The summed E-state index contributed by atoms with van der Waals surface area (Å²) in [6.45, 7) is 7.18. The smallest absolute Gasteiger partial charge is 0.310 e. The number of aryl methyl sites for hydroxylation is 1. The molecule has 1 unspecified atom stereocenters. The zero-order valence-corrected chi connectivity index (χ0v) is 14.2. The highest BCUT2D eigenvalue weighted by atomic mass is 16.5. The van der Waals surface area contributed by atoms with Gasteiger partial charge in [-0.3, -0.25) is 4.79 Å². The monoisotopic (exact) mass is 313 g/mol. The third-order valence-electron chi connectivity index (χ3n) is 4.49. The maximum absolute atomic E-state index is 11.8. The number of ether oxygens (including phenoxy) is 1. The molecule has 2 heterocycles. The second kappa shape index (κ2) is 5.80. The van der Waals surface area contributed by atoms with Crippen molar-refractivity contribution in [2.24, 2.45) is 5.92 Å². The number of methoxy groups -OCH3 is 1. The third kappa shape index (κ3) is 3.00. The Morgan fingerprint density at radius 1 is 1.22 bits per heavy atom. The molecule has 0 fully saturated rings. The van der Waals surface area contributed by atoms with Crippen LogP contribution in [0.5, 0.6) is 0 Å². The summed E-state index contributed by atoms with van der Waals surface area (Å²) in [6.07, 6.45) is 1.53. The molecule has 23 heavy (non-hydrogen) atoms. The average Bonchev–Trinajstić information content (AvgIpc) is 2.96. The summed E-state index contributed by atoms with van der Waals surface area (Å²) in [5.74, 6) is 1.50. The van der Waals surface area contributed by atoms with E-state index in [0.29, 0.717) is 6.54 Å². The summed E-state index contributed by atoms with van der Waals surface area (Å²) in [7, 11) is 1.44. The van der Waals surface area contributed by atoms with Gasteiger partial charge >= 0.3 is 5.97 Å². The van der Waals surface area contributed by atoms with Crippen molar-refractivity contribution < 1.29 is 9.53 Å². The van der Waals surface area contributed by atoms with Crippen LogP contribution in [-0.4, -0.2) is 27.8 Å². The van der Waals surface area contributed by atoms with Crippen LogP contribution < -0.4 is 0 Å². The van der Waals surface area contributed by atoms with Gasteiger partial charge in [0.25, 0.3) is 0 Å². The second-order valence-corrected chi connectivity index (χ2v) is 7.14. The molecule has 0 spiro atoms. The van der Waals surface area contributed by atoms with Crippen LogP contribution in [0.3, 0.4) is 0 Å². The molecule has 1 atom stereocenters. The Kier molecular flexibility index (Phi) is 3.96. The van der Waals surface area contributed by atoms with Gasteiger partial charge in [0, 0.05) is 18.5 Å². The Morgan fingerprint density at radius 2 is 1.91 bits per heavy atom. The summed E-state index contributed by atoms with van der Waals surface area (Å²) in [5, 5.41) is 8.63. The summed E-state index contributed by atoms with van der Waals surface area (Å²) in [6, 6.07) is 8.44. The van der Waals surface area contributed by atoms with E-state index in [0.717, 1.165) is 30.1 Å². The Balaban J connectivity index is 1.91. The second-order valence-electron chi connectivity index (χ2n) is 7.14. The van der Waals surface area contributed by atoms with E-state index in [1.165, 1.54) is 12.7 Å². The van der Waals surface area contributed by atoms with E-state index < -0.39 is 0 Å². The number of carbonyl (C=O) groups excluding carboxylic acids is 1. The zero-order chi connectivity index (χ0) is 16.6. The summed E-state index contributed by atoms with van der Waals surface area (Å²) in [4.78, 5) is 11.8. The molecule has 1 aliphatic heterocycles. The van der Waals surface area contributed by atoms with Gasteiger partial charge in [-0.2, -0.15) is 0 Å². The molecule has 1 aromatic carbocycles. The lowest BCUT2D eigenvalue weighted by atomic mass is 9.86. The van der Waals surface area contributed by atoms with E-state index in [-0.39, 0.29) is 17.3 Å². The number of aromatic nitrogens is 3. The van der Waals surface area contributed by atoms with Crippen LogP contribution in [0, 0.1) is 5.92 Å². The fourth-order valence-electron chi connectivity index (χ4n) is 3.02. The van der Waals surface area contributed by atoms with Crippen molar-refractivity contribution in [3.8, 4) is 11.4 Å². The third-order valence-corrected chi connectivity index (χ3v) is 4.49. The van der Waals surface area contributed by atoms with Gasteiger partial charge < -0.3 is 9.30 Å². The lowest BCUT2D eigenvalue weighted by molar-refractivity contribution is -0.146. The highest BCUT2D eigenvalue weighted by molar-refractivity contribution is 5.72. The standard InChI is InChI=1S/C18H23N3O2/c1-18(2,3)14-8-5-12(6-9-14)16-20-19-15-10-7-13(11-21(15)16)17(22)23-4/h5-6,8-9,13H,7,10-11H2,1-4H3. The number of fused-ring (bicyclic) bond motifs is 1. The van der Waals surface area contributed by atoms with E-state index in [9.17, 15) is 4.79 Å². The molecule has 0 aliphatic carbocycles. The minimum absolute atomic E-state index is 0.115. The summed E-state index contributed by atoms with van der Waals surface area (Å²) < 4.78 is 6.94. The highest BCUT2D eigenvalue weighted by Gasteiger charge is 2.28. The molecule has 5 nitrogen and oxygen atoms in total. The topological polar surface area (TPSA) is 57.0 Å². The molecule has 1 aromatic heterocycles. The van der Waals surface area contributed by atoms with E-state index in [4.69, 9.17) is 4.74 Å². The number of benzene rings is 1. The lowest BCUT2D eigenvalue weighted by Gasteiger charge is -2.22. The number of rotatable bonds is 2. The van der Waals surface area contributed by atoms with E-state index in [1.54, 1.807) is 0 Å². The van der Waals surface area contributed by atoms with Crippen LogP contribution >= 0.6 is 0 Å². The number of nitrogens with zero attached hydrogens (tertiary/aromatic N) is 3. The molecule has 0 saturated heterocycles. The zero-order valence-electron chi connectivity index (χ0n) is 14.2. The van der Waals surface area contributed by atoms with Crippen molar-refractivity contribution in [2.45, 2.75) is 45.6 Å². The Labute approximate surface area is 136 Å². The molecule has 0 N–H and O–H groups in total. The lowest BCUT2D eigenvalue weighted by Crippen LogP contribution is -2.28. The fourth-order valence-corrected chi connectivity index (χ4v) is 3.02. The van der Waals surface area contributed by atoms with Gasteiger partial charge in [0.15, 0.2) is 5.82 Å². The van der Waals surface area contributed by atoms with Crippen LogP contribution in [0.2, 0.25) is 0 Å². The Morgan fingerprint density at radius 3 is 2.52 bits per heavy atom. The van der Waals surface area contributed by atoms with Gasteiger partial charge in [-0.05, 0) is 17.4 Å². The van der Waals surface area contributed by atoms with Gasteiger partial charge in [-0.25, -0.2) is 0 Å². The molecule has 1 aliphatic rings. The first-order valence-electron chi connectivity index (χ1n) is 8.01. The Bertz CT molecular complexity index is 711. The predicted molar refractivity (Wildman–Crippen MR) is 88.0 cm³/mol. The molecule has 0 bridgehead atoms. The molecule has 122 valence electrons. The number of carbonyl (C=O) groups is 1. The van der Waals surface area contributed by atoms with Crippen LogP contribution in [0.1, 0.15) is 38.6 Å². The summed E-state index contributed by atoms with van der Waals surface area (Å²) in [5.41, 5.74) is 2.44. The van der Waals surface area contributed by atoms with E-state index in [2.05, 4.69) is 59.8 Å². The molecule has 0 amide bonds. The number of esters is 1. The van der Waals surface area contributed by atoms with Crippen molar-refractivity contribution >= 4 is 5.97 Å². The fraction of sp³-hybridized carbons (Fsp3) is 0.500. The van der Waals surface area contributed by atoms with Crippen LogP contribution in [0.15, 0.2) is 24.3 Å². The number of hydrogen-bond acceptors (Lipinski definition) is 4. The maximum atomic E-state index is 11.8. The predicted octanol–water partition coefficient (Wildman–Crippen LogP) is 2.98. The van der Waals surface area contributed by atoms with Crippen molar-refractivity contribution in [1.82, 2.24) is 14.8 Å². The van der Waals surface area contributed by atoms with Crippen molar-refractivity contribution in [3.05, 3.63) is 35.7 Å². The van der Waals surface area contributed by atoms with Gasteiger partial charge in [0.05, 0.1) is 13.0 Å². The number of hydrogen-bond donors (Lipinski definition) is 0. The minimum atomic E-state index is -0.154. The van der Waals surface area contributed by atoms with Gasteiger partial charge in [0.1, 0.15) is 5.82 Å². The average molecular weight is 313 g/mol. The van der Waals surface area contributed by atoms with Crippen LogP contribution in [-0.2, 0) is 27.9 Å². The van der Waals surface area contributed by atoms with Crippen LogP contribution in [0.25, 0.3) is 11.4 Å². The molecule has 0 saturated carbocycles. The molecule has 3 rings (SSSR count). The van der Waals surface area contributed by atoms with Gasteiger partial charge in [-0.1, -0.05) is 45.0 Å². The molecular weight excluding hydrogens is 290 g/mol. The van der Waals surface area contributed by atoms with Crippen molar-refractivity contribution in [3.63, 3.8) is 0 Å². The van der Waals surface area contributed by atoms with Crippen molar-refractivity contribution in [2.75, 3.05) is 7.11 Å². The van der Waals surface area contributed by atoms with Gasteiger partial charge in [-0.15, -0.1) is 10.2 Å². The first-order valence-corrected chi connectivity index (χ1v) is 8.01. The maximum Gasteiger partial charge on any atom is 0.310 e. The first-order chi connectivity index (χ1) is 10.9.